The molecule has 0 saturated heterocycles. The van der Waals surface area contributed by atoms with Gasteiger partial charge in [0.2, 0.25) is 29.5 Å². The first kappa shape index (κ1) is 29.7. The van der Waals surface area contributed by atoms with Crippen molar-refractivity contribution in [3.63, 3.8) is 0 Å². The number of amides is 5. The van der Waals surface area contributed by atoms with E-state index < -0.39 is 104 Å². The average molecular weight is 490 g/mol. The lowest BCUT2D eigenvalue weighted by Crippen LogP contribution is -2.57. The van der Waals surface area contributed by atoms with Crippen LogP contribution in [0.3, 0.4) is 0 Å². The third-order valence-electron chi connectivity index (χ3n) is 4.08. The van der Waals surface area contributed by atoms with E-state index >= 15 is 0 Å². The van der Waals surface area contributed by atoms with Crippen LogP contribution in [0.2, 0.25) is 0 Å². The van der Waals surface area contributed by atoms with Crippen LogP contribution in [0.5, 0.6) is 0 Å². The summed E-state index contributed by atoms with van der Waals surface area (Å²) in [5.41, 5.74) is 15.4. The topological polar surface area (TPSA) is 311 Å². The van der Waals surface area contributed by atoms with Crippen molar-refractivity contribution in [1.29, 1.82) is 0 Å². The minimum atomic E-state index is -1.89. The maximum absolute atomic E-state index is 12.6. The molecule has 17 heteroatoms. The standard InChI is InChI=1S/C17H26N6O11/c18-6(3-11(20)25)14(30)22-8(4-12(26)27)16(32)21-7(1-2-10(19)24)15(31)23-9(17(33)34)5-13(28)29/h6-9H,1-5,18H2,(H2,19,24)(H2,20,25)(H,21,32)(H,22,30)(H,23,31)(H,26,27)(H,28,29)(H,33,34). The van der Waals surface area contributed by atoms with Gasteiger partial charge in [0.15, 0.2) is 0 Å². The molecule has 190 valence electrons. The minimum absolute atomic E-state index is 0.471. The van der Waals surface area contributed by atoms with E-state index in [2.05, 4.69) is 5.32 Å². The van der Waals surface area contributed by atoms with Crippen LogP contribution in [0.25, 0.3) is 0 Å². The van der Waals surface area contributed by atoms with Gasteiger partial charge in [-0.05, 0) is 6.42 Å². The van der Waals surface area contributed by atoms with E-state index in [1.807, 2.05) is 10.6 Å². The molecule has 5 amide bonds. The molecule has 0 aromatic rings. The number of carbonyl (C=O) groups excluding carboxylic acids is 5. The van der Waals surface area contributed by atoms with Crippen LogP contribution in [0.15, 0.2) is 0 Å². The first-order valence-corrected chi connectivity index (χ1v) is 9.53. The molecule has 0 aliphatic heterocycles. The summed E-state index contributed by atoms with van der Waals surface area (Å²) >= 11 is 0. The molecule has 0 aliphatic carbocycles. The Morgan fingerprint density at radius 2 is 1.06 bits per heavy atom. The third kappa shape index (κ3) is 11.9. The van der Waals surface area contributed by atoms with E-state index in [9.17, 15) is 38.4 Å². The largest absolute Gasteiger partial charge is 0.481 e. The van der Waals surface area contributed by atoms with Crippen molar-refractivity contribution in [2.45, 2.75) is 56.3 Å². The van der Waals surface area contributed by atoms with Gasteiger partial charge in [-0.15, -0.1) is 0 Å². The van der Waals surface area contributed by atoms with E-state index in [-0.39, 0.29) is 0 Å². The van der Waals surface area contributed by atoms with Crippen molar-refractivity contribution < 1.29 is 53.7 Å². The molecule has 12 N–H and O–H groups in total. The number of rotatable bonds is 16. The number of hydrogen-bond acceptors (Lipinski definition) is 9. The van der Waals surface area contributed by atoms with Gasteiger partial charge in [0.25, 0.3) is 0 Å². The number of primary amides is 2. The highest BCUT2D eigenvalue weighted by Crippen LogP contribution is 2.04. The molecule has 0 aromatic heterocycles. The second-order valence-electron chi connectivity index (χ2n) is 7.00. The van der Waals surface area contributed by atoms with Crippen molar-refractivity contribution in [3.05, 3.63) is 0 Å². The smallest absolute Gasteiger partial charge is 0.326 e. The molecule has 17 nitrogen and oxygen atoms in total. The lowest BCUT2D eigenvalue weighted by Gasteiger charge is -2.24. The summed E-state index contributed by atoms with van der Waals surface area (Å²) in [5.74, 6) is -10.2. The Morgan fingerprint density at radius 1 is 0.618 bits per heavy atom. The summed E-state index contributed by atoms with van der Waals surface area (Å²) in [4.78, 5) is 92.2. The predicted molar refractivity (Wildman–Crippen MR) is 108 cm³/mol. The molecule has 0 bridgehead atoms. The Morgan fingerprint density at radius 3 is 1.50 bits per heavy atom. The Balaban J connectivity index is 5.63. The molecule has 0 saturated carbocycles. The Hall–Kier alpha value is -4.28. The number of carboxylic acid groups (broad SMARTS) is 3. The highest BCUT2D eigenvalue weighted by Gasteiger charge is 2.32. The quantitative estimate of drug-likeness (QED) is 0.0981. The fourth-order valence-electron chi connectivity index (χ4n) is 2.45. The van der Waals surface area contributed by atoms with Gasteiger partial charge >= 0.3 is 17.9 Å². The third-order valence-corrected chi connectivity index (χ3v) is 4.08. The summed E-state index contributed by atoms with van der Waals surface area (Å²) in [6.45, 7) is 0. The molecule has 0 fully saturated rings. The summed E-state index contributed by atoms with van der Waals surface area (Å²) in [6, 6.07) is -6.87. The maximum atomic E-state index is 12.6. The summed E-state index contributed by atoms with van der Waals surface area (Å²) in [5, 5.41) is 32.8. The number of aliphatic carboxylic acids is 3. The first-order valence-electron chi connectivity index (χ1n) is 9.53. The van der Waals surface area contributed by atoms with Gasteiger partial charge in [-0.2, -0.15) is 0 Å². The van der Waals surface area contributed by atoms with Gasteiger partial charge in [-0.1, -0.05) is 0 Å². The first-order chi connectivity index (χ1) is 15.6. The molecule has 0 radical (unpaired) electrons. The predicted octanol–water partition coefficient (Wildman–Crippen LogP) is -5.06. The van der Waals surface area contributed by atoms with Crippen LogP contribution in [0.1, 0.15) is 32.1 Å². The van der Waals surface area contributed by atoms with Crippen molar-refractivity contribution in [2.24, 2.45) is 17.2 Å². The lowest BCUT2D eigenvalue weighted by atomic mass is 10.1. The Kier molecular flexibility index (Phi) is 12.2. The monoisotopic (exact) mass is 490 g/mol. The minimum Gasteiger partial charge on any atom is -0.481 e. The number of nitrogens with two attached hydrogens (primary N) is 3. The van der Waals surface area contributed by atoms with E-state index in [1.54, 1.807) is 0 Å². The highest BCUT2D eigenvalue weighted by molar-refractivity contribution is 5.96. The second kappa shape index (κ2) is 14.0. The fourth-order valence-corrected chi connectivity index (χ4v) is 2.45. The second-order valence-corrected chi connectivity index (χ2v) is 7.00. The number of nitrogens with one attached hydrogen (secondary N) is 3. The SMILES string of the molecule is NC(=O)CCC(NC(=O)C(CC(=O)O)NC(=O)C(N)CC(N)=O)C(=O)NC(CC(=O)O)C(=O)O. The molecular formula is C17H26N6O11. The summed E-state index contributed by atoms with van der Waals surface area (Å²) < 4.78 is 0. The number of carboxylic acids is 3. The maximum Gasteiger partial charge on any atom is 0.326 e. The average Bonchev–Trinajstić information content (AvgIpc) is 2.68. The summed E-state index contributed by atoms with van der Waals surface area (Å²) in [6.07, 6.45) is -3.55. The van der Waals surface area contributed by atoms with Gasteiger partial charge in [-0.25, -0.2) is 4.79 Å². The van der Waals surface area contributed by atoms with Crippen molar-refractivity contribution in [1.82, 2.24) is 16.0 Å². The molecule has 0 heterocycles. The fraction of sp³-hybridized carbons (Fsp3) is 0.529. The van der Waals surface area contributed by atoms with Gasteiger partial charge in [0, 0.05) is 6.42 Å². The van der Waals surface area contributed by atoms with E-state index in [4.69, 9.17) is 32.5 Å². The van der Waals surface area contributed by atoms with Crippen LogP contribution < -0.4 is 33.2 Å². The zero-order valence-electron chi connectivity index (χ0n) is 17.7. The van der Waals surface area contributed by atoms with E-state index in [0.29, 0.717) is 0 Å². The van der Waals surface area contributed by atoms with E-state index in [0.717, 1.165) is 0 Å². The molecule has 34 heavy (non-hydrogen) atoms. The molecule has 0 aromatic carbocycles. The van der Waals surface area contributed by atoms with Gasteiger partial charge in [0.05, 0.1) is 25.3 Å². The molecule has 4 unspecified atom stereocenters. The van der Waals surface area contributed by atoms with Crippen LogP contribution in [-0.4, -0.2) is 86.9 Å². The number of hydrogen-bond donors (Lipinski definition) is 9. The normalized spacial score (nSPS) is 13.9. The lowest BCUT2D eigenvalue weighted by molar-refractivity contribution is -0.147. The molecule has 4 atom stereocenters. The molecule has 0 rings (SSSR count). The van der Waals surface area contributed by atoms with Crippen LogP contribution in [0, 0.1) is 0 Å². The molecule has 0 aliphatic rings. The van der Waals surface area contributed by atoms with Crippen LogP contribution in [-0.2, 0) is 38.4 Å². The van der Waals surface area contributed by atoms with Crippen molar-refractivity contribution in [2.75, 3.05) is 0 Å². The zero-order valence-corrected chi connectivity index (χ0v) is 17.7. The molecular weight excluding hydrogens is 464 g/mol. The zero-order chi connectivity index (χ0) is 26.6. The van der Waals surface area contributed by atoms with Crippen molar-refractivity contribution >= 4 is 47.4 Å². The highest BCUT2D eigenvalue weighted by atomic mass is 16.4. The van der Waals surface area contributed by atoms with Crippen LogP contribution >= 0.6 is 0 Å². The number of carbonyl (C=O) groups is 8. The van der Waals surface area contributed by atoms with Crippen LogP contribution in [0.4, 0.5) is 0 Å². The Labute approximate surface area is 191 Å². The van der Waals surface area contributed by atoms with Gasteiger partial charge in [-0.3, -0.25) is 33.6 Å². The van der Waals surface area contributed by atoms with Gasteiger partial charge < -0.3 is 48.5 Å². The molecule has 0 spiro atoms. The van der Waals surface area contributed by atoms with Gasteiger partial charge in [0.1, 0.15) is 18.1 Å². The Bertz CT molecular complexity index is 846. The van der Waals surface area contributed by atoms with E-state index in [1.165, 1.54) is 0 Å². The van der Waals surface area contributed by atoms with Crippen molar-refractivity contribution in [3.8, 4) is 0 Å². The summed E-state index contributed by atoms with van der Waals surface area (Å²) in [7, 11) is 0.